The molecule has 1 aliphatic heterocycles. The van der Waals surface area contributed by atoms with E-state index >= 15 is 0 Å². The highest BCUT2D eigenvalue weighted by Gasteiger charge is 2.29. The third-order valence-corrected chi connectivity index (χ3v) is 7.44. The van der Waals surface area contributed by atoms with Gasteiger partial charge in [-0.25, -0.2) is 8.42 Å². The SMILES string of the molecule is CCNC(=NCC1CCCC(C)C1)N1CCN(S(=O)(=O)Cc2ccon2)CC1.I. The van der Waals surface area contributed by atoms with E-state index in [9.17, 15) is 8.42 Å². The molecule has 2 fully saturated rings. The van der Waals surface area contributed by atoms with Crippen molar-refractivity contribution in [3.8, 4) is 0 Å². The van der Waals surface area contributed by atoms with Crippen LogP contribution in [0.4, 0.5) is 0 Å². The Morgan fingerprint density at radius 2 is 2.07 bits per heavy atom. The molecule has 1 aromatic heterocycles. The third-order valence-electron chi connectivity index (χ3n) is 5.63. The van der Waals surface area contributed by atoms with Crippen LogP contribution >= 0.6 is 24.0 Å². The summed E-state index contributed by atoms with van der Waals surface area (Å²) in [4.78, 5) is 7.06. The van der Waals surface area contributed by atoms with Gasteiger partial charge in [-0.3, -0.25) is 4.99 Å². The van der Waals surface area contributed by atoms with E-state index < -0.39 is 10.0 Å². The molecule has 166 valence electrons. The molecule has 1 aliphatic carbocycles. The van der Waals surface area contributed by atoms with E-state index in [0.29, 0.717) is 37.8 Å². The van der Waals surface area contributed by atoms with Gasteiger partial charge in [-0.05, 0) is 31.6 Å². The number of hydrogen-bond acceptors (Lipinski definition) is 5. The molecule has 8 nitrogen and oxygen atoms in total. The van der Waals surface area contributed by atoms with Crippen molar-refractivity contribution < 1.29 is 12.9 Å². The summed E-state index contributed by atoms with van der Waals surface area (Å²) in [5.41, 5.74) is 0.444. The fourth-order valence-corrected chi connectivity index (χ4v) is 5.56. The fourth-order valence-electron chi connectivity index (χ4n) is 4.14. The summed E-state index contributed by atoms with van der Waals surface area (Å²) in [6, 6.07) is 1.59. The Labute approximate surface area is 191 Å². The van der Waals surface area contributed by atoms with Crippen molar-refractivity contribution in [1.82, 2.24) is 19.7 Å². The number of rotatable bonds is 6. The summed E-state index contributed by atoms with van der Waals surface area (Å²) in [5.74, 6) is 2.27. The molecule has 2 atom stereocenters. The zero-order chi connectivity index (χ0) is 20.0. The number of halogens is 1. The van der Waals surface area contributed by atoms with E-state index in [2.05, 4.69) is 29.2 Å². The number of piperazine rings is 1. The van der Waals surface area contributed by atoms with Crippen molar-refractivity contribution >= 4 is 40.0 Å². The molecule has 1 saturated heterocycles. The van der Waals surface area contributed by atoms with E-state index in [1.54, 1.807) is 10.4 Å². The first-order chi connectivity index (χ1) is 13.5. The van der Waals surface area contributed by atoms with Crippen LogP contribution in [-0.4, -0.2) is 68.0 Å². The number of aromatic nitrogens is 1. The molecule has 2 unspecified atom stereocenters. The normalized spacial score (nSPS) is 24.2. The Hall–Kier alpha value is -0.880. The van der Waals surface area contributed by atoms with Gasteiger partial charge in [0.05, 0.1) is 5.69 Å². The summed E-state index contributed by atoms with van der Waals surface area (Å²) < 4.78 is 31.5. The number of hydrogen-bond donors (Lipinski definition) is 1. The smallest absolute Gasteiger partial charge is 0.220 e. The van der Waals surface area contributed by atoms with Crippen molar-refractivity contribution in [3.05, 3.63) is 18.0 Å². The van der Waals surface area contributed by atoms with Crippen LogP contribution in [0, 0.1) is 11.8 Å². The Bertz CT molecular complexity index is 733. The number of guanidine groups is 1. The van der Waals surface area contributed by atoms with Crippen LogP contribution < -0.4 is 5.32 Å². The highest BCUT2D eigenvalue weighted by atomic mass is 127. The Morgan fingerprint density at radius 3 is 2.69 bits per heavy atom. The monoisotopic (exact) mass is 539 g/mol. The van der Waals surface area contributed by atoms with Gasteiger partial charge in [-0.1, -0.05) is 24.9 Å². The van der Waals surface area contributed by atoms with Crippen LogP contribution in [0.3, 0.4) is 0 Å². The molecular formula is C19H34IN5O3S. The molecule has 1 aromatic rings. The minimum atomic E-state index is -3.38. The predicted molar refractivity (Wildman–Crippen MR) is 125 cm³/mol. The molecule has 0 amide bonds. The highest BCUT2D eigenvalue weighted by molar-refractivity contribution is 14.0. The maximum atomic E-state index is 12.6. The van der Waals surface area contributed by atoms with Crippen LogP contribution in [0.1, 0.15) is 45.2 Å². The fraction of sp³-hybridized carbons (Fsp3) is 0.789. The van der Waals surface area contributed by atoms with E-state index in [-0.39, 0.29) is 29.7 Å². The minimum Gasteiger partial charge on any atom is -0.364 e. The standard InChI is InChI=1S/C19H33N5O3S.HI/c1-3-20-19(21-14-17-6-4-5-16(2)13-17)23-8-10-24(11-9-23)28(25,26)15-18-7-12-27-22-18;/h7,12,16-17H,3-6,8-11,13-15H2,1-2H3,(H,20,21);1H. The molecule has 1 saturated carbocycles. The molecule has 0 spiro atoms. The quantitative estimate of drug-likeness (QED) is 0.340. The van der Waals surface area contributed by atoms with Crippen LogP contribution in [0.25, 0.3) is 0 Å². The van der Waals surface area contributed by atoms with Crippen molar-refractivity contribution in [2.75, 3.05) is 39.3 Å². The van der Waals surface area contributed by atoms with Gasteiger partial charge in [0.25, 0.3) is 0 Å². The Morgan fingerprint density at radius 1 is 1.31 bits per heavy atom. The average Bonchev–Trinajstić information content (AvgIpc) is 3.17. The third kappa shape index (κ3) is 7.09. The van der Waals surface area contributed by atoms with Crippen LogP contribution in [0.2, 0.25) is 0 Å². The van der Waals surface area contributed by atoms with Crippen molar-refractivity contribution in [3.63, 3.8) is 0 Å². The summed E-state index contributed by atoms with van der Waals surface area (Å²) in [5, 5.41) is 7.10. The van der Waals surface area contributed by atoms with Gasteiger partial charge in [0.15, 0.2) is 5.96 Å². The van der Waals surface area contributed by atoms with Crippen LogP contribution in [0.5, 0.6) is 0 Å². The molecule has 0 aromatic carbocycles. The molecule has 10 heteroatoms. The summed E-state index contributed by atoms with van der Waals surface area (Å²) in [6.45, 7) is 8.28. The van der Waals surface area contributed by atoms with E-state index in [1.807, 2.05) is 0 Å². The largest absolute Gasteiger partial charge is 0.364 e. The lowest BCUT2D eigenvalue weighted by molar-refractivity contribution is 0.257. The van der Waals surface area contributed by atoms with E-state index in [4.69, 9.17) is 9.52 Å². The second kappa shape index (κ2) is 11.5. The molecule has 2 heterocycles. The first-order valence-corrected chi connectivity index (χ1v) is 12.0. The minimum absolute atomic E-state index is 0. The second-order valence-corrected chi connectivity index (χ2v) is 9.93. The van der Waals surface area contributed by atoms with Crippen LogP contribution in [-0.2, 0) is 15.8 Å². The van der Waals surface area contributed by atoms with Gasteiger partial charge in [0, 0.05) is 45.3 Å². The average molecular weight is 539 g/mol. The first kappa shape index (κ1) is 24.4. The first-order valence-electron chi connectivity index (χ1n) is 10.4. The zero-order valence-corrected chi connectivity index (χ0v) is 20.6. The molecule has 0 radical (unpaired) electrons. The molecule has 29 heavy (non-hydrogen) atoms. The summed E-state index contributed by atoms with van der Waals surface area (Å²) in [7, 11) is -3.38. The zero-order valence-electron chi connectivity index (χ0n) is 17.4. The summed E-state index contributed by atoms with van der Waals surface area (Å²) >= 11 is 0. The van der Waals surface area contributed by atoms with Crippen molar-refractivity contribution in [1.29, 1.82) is 0 Å². The maximum absolute atomic E-state index is 12.6. The Kier molecular flexibility index (Phi) is 9.67. The van der Waals surface area contributed by atoms with Gasteiger partial charge < -0.3 is 14.7 Å². The lowest BCUT2D eigenvalue weighted by atomic mass is 9.82. The van der Waals surface area contributed by atoms with Gasteiger partial charge >= 0.3 is 0 Å². The lowest BCUT2D eigenvalue weighted by Crippen LogP contribution is -2.54. The van der Waals surface area contributed by atoms with Gasteiger partial charge in [0.1, 0.15) is 12.0 Å². The topological polar surface area (TPSA) is 91.0 Å². The number of nitrogens with one attached hydrogen (secondary N) is 1. The predicted octanol–water partition coefficient (Wildman–Crippen LogP) is 2.53. The molecule has 0 bridgehead atoms. The molecule has 2 aliphatic rings. The second-order valence-electron chi connectivity index (χ2n) is 7.97. The maximum Gasteiger partial charge on any atom is 0.220 e. The van der Waals surface area contributed by atoms with Crippen LogP contribution in [0.15, 0.2) is 21.8 Å². The molecule has 1 N–H and O–H groups in total. The lowest BCUT2D eigenvalue weighted by Gasteiger charge is -2.36. The van der Waals surface area contributed by atoms with Crippen molar-refractivity contribution in [2.45, 2.75) is 45.3 Å². The highest BCUT2D eigenvalue weighted by Crippen LogP contribution is 2.28. The van der Waals surface area contributed by atoms with Gasteiger partial charge in [-0.15, -0.1) is 24.0 Å². The number of sulfonamides is 1. The van der Waals surface area contributed by atoms with Gasteiger partial charge in [-0.2, -0.15) is 4.31 Å². The van der Waals surface area contributed by atoms with E-state index in [0.717, 1.165) is 25.0 Å². The number of nitrogens with zero attached hydrogens (tertiary/aromatic N) is 4. The molecular weight excluding hydrogens is 505 g/mol. The number of aliphatic imine (C=N–C) groups is 1. The van der Waals surface area contributed by atoms with E-state index in [1.165, 1.54) is 31.9 Å². The summed E-state index contributed by atoms with van der Waals surface area (Å²) in [6.07, 6.45) is 6.57. The van der Waals surface area contributed by atoms with Crippen molar-refractivity contribution in [2.24, 2.45) is 16.8 Å². The Balaban J connectivity index is 0.00000300. The molecule has 3 rings (SSSR count). The van der Waals surface area contributed by atoms with Gasteiger partial charge in [0.2, 0.25) is 10.0 Å².